The van der Waals surface area contributed by atoms with E-state index in [4.69, 9.17) is 14.2 Å². The van der Waals surface area contributed by atoms with Crippen LogP contribution in [0.5, 0.6) is 5.75 Å². The molecule has 2 heterocycles. The summed E-state index contributed by atoms with van der Waals surface area (Å²) in [6.45, 7) is 2.11. The van der Waals surface area contributed by atoms with Crippen LogP contribution < -0.4 is 4.74 Å². The Morgan fingerprint density at radius 2 is 2.12 bits per heavy atom. The van der Waals surface area contributed by atoms with Gasteiger partial charge in [0.1, 0.15) is 11.3 Å². The Morgan fingerprint density at radius 3 is 2.92 bits per heavy atom. The normalized spacial score (nSPS) is 10.8. The van der Waals surface area contributed by atoms with Crippen molar-refractivity contribution in [3.05, 3.63) is 54.4 Å². The molecule has 3 aromatic rings. The second-order valence-electron chi connectivity index (χ2n) is 5.05. The van der Waals surface area contributed by atoms with Crippen molar-refractivity contribution >= 4 is 17.0 Å². The number of pyridine rings is 1. The highest BCUT2D eigenvalue weighted by Crippen LogP contribution is 2.26. The largest absolute Gasteiger partial charge is 0.467 e. The highest BCUT2D eigenvalue weighted by molar-refractivity contribution is 5.93. The van der Waals surface area contributed by atoms with Crippen LogP contribution in [0.1, 0.15) is 17.3 Å². The monoisotopic (exact) mass is 326 g/mol. The Kier molecular flexibility index (Phi) is 4.77. The maximum Gasteiger partial charge on any atom is 0.341 e. The Hall–Kier alpha value is -2.86. The van der Waals surface area contributed by atoms with Crippen molar-refractivity contribution in [3.63, 3.8) is 0 Å². The summed E-state index contributed by atoms with van der Waals surface area (Å²) in [6.07, 6.45) is 3.68. The molecule has 124 valence electrons. The van der Waals surface area contributed by atoms with Crippen LogP contribution >= 0.6 is 0 Å². The van der Waals surface area contributed by atoms with Gasteiger partial charge in [-0.1, -0.05) is 0 Å². The lowest BCUT2D eigenvalue weighted by molar-refractivity contribution is 0.0438. The minimum absolute atomic E-state index is 0.0455. The molecule has 0 unspecified atom stereocenters. The lowest BCUT2D eigenvalue weighted by Gasteiger charge is -2.13. The summed E-state index contributed by atoms with van der Waals surface area (Å²) >= 11 is 0. The first-order valence-electron chi connectivity index (χ1n) is 7.60. The molecule has 0 aliphatic heterocycles. The standard InChI is InChI=1S/C18H18N2O4/c1-3-23-18(21)14-7-6-13(11-17(14)24-12-22-2)20-10-8-15-16(20)5-4-9-19-15/h4-11H,3,12H2,1-2H3. The smallest absolute Gasteiger partial charge is 0.341 e. The quantitative estimate of drug-likeness (QED) is 0.514. The second kappa shape index (κ2) is 7.14. The number of benzene rings is 1. The summed E-state index contributed by atoms with van der Waals surface area (Å²) in [5.74, 6) is -0.00674. The van der Waals surface area contributed by atoms with Gasteiger partial charge in [0, 0.05) is 31.3 Å². The lowest BCUT2D eigenvalue weighted by Crippen LogP contribution is -2.10. The van der Waals surface area contributed by atoms with Crippen molar-refractivity contribution in [2.24, 2.45) is 0 Å². The number of methoxy groups -OCH3 is 1. The Bertz CT molecular complexity index is 857. The van der Waals surface area contributed by atoms with Gasteiger partial charge in [0.25, 0.3) is 0 Å². The van der Waals surface area contributed by atoms with Crippen LogP contribution in [0.4, 0.5) is 0 Å². The number of ether oxygens (including phenoxy) is 3. The van der Waals surface area contributed by atoms with E-state index in [1.165, 1.54) is 7.11 Å². The molecule has 0 saturated heterocycles. The summed E-state index contributed by atoms with van der Waals surface area (Å²) in [5, 5.41) is 0. The van der Waals surface area contributed by atoms with Gasteiger partial charge in [0.2, 0.25) is 0 Å². The molecular formula is C18H18N2O4. The number of carbonyl (C=O) groups is 1. The third-order valence-electron chi connectivity index (χ3n) is 3.53. The van der Waals surface area contributed by atoms with Crippen molar-refractivity contribution < 1.29 is 19.0 Å². The molecule has 24 heavy (non-hydrogen) atoms. The van der Waals surface area contributed by atoms with Crippen LogP contribution in [0.15, 0.2) is 48.8 Å². The molecule has 0 aliphatic rings. The van der Waals surface area contributed by atoms with Crippen molar-refractivity contribution in [2.45, 2.75) is 6.92 Å². The summed E-state index contributed by atoms with van der Waals surface area (Å²) in [4.78, 5) is 16.4. The fourth-order valence-corrected chi connectivity index (χ4v) is 2.47. The van der Waals surface area contributed by atoms with Gasteiger partial charge in [-0.2, -0.15) is 0 Å². The maximum atomic E-state index is 12.1. The van der Waals surface area contributed by atoms with E-state index in [0.717, 1.165) is 16.7 Å². The fourth-order valence-electron chi connectivity index (χ4n) is 2.47. The zero-order valence-corrected chi connectivity index (χ0v) is 13.6. The SMILES string of the molecule is CCOC(=O)c1ccc(-n2ccc3ncccc32)cc1OCOC. The predicted octanol–water partition coefficient (Wildman–Crippen LogP) is 3.18. The Labute approximate surface area is 139 Å². The fraction of sp³-hybridized carbons (Fsp3) is 0.222. The van der Waals surface area contributed by atoms with E-state index >= 15 is 0 Å². The van der Waals surface area contributed by atoms with E-state index in [-0.39, 0.29) is 6.79 Å². The minimum atomic E-state index is -0.422. The van der Waals surface area contributed by atoms with Gasteiger partial charge in [0.15, 0.2) is 6.79 Å². The first kappa shape index (κ1) is 16.0. The number of rotatable bonds is 6. The lowest BCUT2D eigenvalue weighted by atomic mass is 10.1. The molecule has 0 spiro atoms. The Morgan fingerprint density at radius 1 is 1.25 bits per heavy atom. The molecule has 0 amide bonds. The molecule has 0 N–H and O–H groups in total. The molecule has 2 aromatic heterocycles. The van der Waals surface area contributed by atoms with Gasteiger partial charge in [-0.3, -0.25) is 4.98 Å². The number of fused-ring (bicyclic) bond motifs is 1. The van der Waals surface area contributed by atoms with Gasteiger partial charge in [-0.25, -0.2) is 4.79 Å². The summed E-state index contributed by atoms with van der Waals surface area (Å²) in [6, 6.07) is 11.1. The van der Waals surface area contributed by atoms with Crippen LogP contribution in [0.25, 0.3) is 16.7 Å². The van der Waals surface area contributed by atoms with Crippen LogP contribution in [0.3, 0.4) is 0 Å². The number of aromatic nitrogens is 2. The number of hydrogen-bond donors (Lipinski definition) is 0. The number of carbonyl (C=O) groups excluding carboxylic acids is 1. The average molecular weight is 326 g/mol. The topological polar surface area (TPSA) is 62.6 Å². The van der Waals surface area contributed by atoms with E-state index < -0.39 is 5.97 Å². The van der Waals surface area contributed by atoms with Crippen LogP contribution in [-0.2, 0) is 9.47 Å². The summed E-state index contributed by atoms with van der Waals surface area (Å²) in [7, 11) is 1.53. The molecule has 0 saturated carbocycles. The number of esters is 1. The van der Waals surface area contributed by atoms with E-state index in [1.54, 1.807) is 25.3 Å². The van der Waals surface area contributed by atoms with Gasteiger partial charge in [0.05, 0.1) is 17.6 Å². The molecule has 0 bridgehead atoms. The molecule has 0 atom stereocenters. The molecular weight excluding hydrogens is 308 g/mol. The highest BCUT2D eigenvalue weighted by atomic mass is 16.7. The summed E-state index contributed by atoms with van der Waals surface area (Å²) < 4.78 is 17.6. The molecule has 1 aromatic carbocycles. The summed E-state index contributed by atoms with van der Waals surface area (Å²) in [5.41, 5.74) is 3.09. The highest BCUT2D eigenvalue weighted by Gasteiger charge is 2.16. The number of nitrogens with zero attached hydrogens (tertiary/aromatic N) is 2. The Balaban J connectivity index is 2.04. The third-order valence-corrected chi connectivity index (χ3v) is 3.53. The van der Waals surface area contributed by atoms with Gasteiger partial charge < -0.3 is 18.8 Å². The van der Waals surface area contributed by atoms with Crippen molar-refractivity contribution in [3.8, 4) is 11.4 Å². The third kappa shape index (κ3) is 3.09. The van der Waals surface area contributed by atoms with Crippen LogP contribution in [0.2, 0.25) is 0 Å². The minimum Gasteiger partial charge on any atom is -0.467 e. The second-order valence-corrected chi connectivity index (χ2v) is 5.05. The first-order chi connectivity index (χ1) is 11.7. The first-order valence-corrected chi connectivity index (χ1v) is 7.60. The zero-order valence-electron chi connectivity index (χ0n) is 13.6. The zero-order chi connectivity index (χ0) is 16.9. The van der Waals surface area contributed by atoms with E-state index in [9.17, 15) is 4.79 Å². The number of hydrogen-bond acceptors (Lipinski definition) is 5. The molecule has 0 radical (unpaired) electrons. The van der Waals surface area contributed by atoms with Gasteiger partial charge >= 0.3 is 5.97 Å². The van der Waals surface area contributed by atoms with Crippen molar-refractivity contribution in [2.75, 3.05) is 20.5 Å². The van der Waals surface area contributed by atoms with Gasteiger partial charge in [-0.15, -0.1) is 0 Å². The molecule has 0 fully saturated rings. The van der Waals surface area contributed by atoms with E-state index in [0.29, 0.717) is 17.9 Å². The predicted molar refractivity (Wildman–Crippen MR) is 89.5 cm³/mol. The maximum absolute atomic E-state index is 12.1. The van der Waals surface area contributed by atoms with Crippen molar-refractivity contribution in [1.29, 1.82) is 0 Å². The van der Waals surface area contributed by atoms with Crippen molar-refractivity contribution in [1.82, 2.24) is 9.55 Å². The van der Waals surface area contributed by atoms with E-state index in [1.807, 2.05) is 35.0 Å². The molecule has 0 aliphatic carbocycles. The molecule has 6 heteroatoms. The molecule has 3 rings (SSSR count). The average Bonchev–Trinajstić information content (AvgIpc) is 3.04. The van der Waals surface area contributed by atoms with Crippen LogP contribution in [0, 0.1) is 0 Å². The van der Waals surface area contributed by atoms with Gasteiger partial charge in [-0.05, 0) is 37.3 Å². The van der Waals surface area contributed by atoms with Crippen LogP contribution in [-0.4, -0.2) is 36.0 Å². The molecule has 6 nitrogen and oxygen atoms in total. The van der Waals surface area contributed by atoms with E-state index in [2.05, 4.69) is 4.98 Å².